The van der Waals surface area contributed by atoms with Crippen molar-refractivity contribution in [2.75, 3.05) is 5.32 Å². The fourth-order valence-electron chi connectivity index (χ4n) is 3.31. The summed E-state index contributed by atoms with van der Waals surface area (Å²) < 4.78 is 15.4. The smallest absolute Gasteiger partial charge is 0.141 e. The standard InChI is InChI=1S/C22H16FN5/c23-17-6-8-19-20(11-17)24-14-25-22(19)27-18-7-9-21-16(10-18)12-26-28(21)13-15-4-2-1-3-5-15/h1-12,14H,13H2,(H,24,25,27). The third-order valence-corrected chi connectivity index (χ3v) is 4.68. The molecule has 0 unspecified atom stereocenters. The lowest BCUT2D eigenvalue weighted by Gasteiger charge is -2.09. The fraction of sp³-hybridized carbons (Fsp3) is 0.0455. The van der Waals surface area contributed by atoms with Crippen molar-refractivity contribution in [1.29, 1.82) is 0 Å². The summed E-state index contributed by atoms with van der Waals surface area (Å²) in [7, 11) is 0. The van der Waals surface area contributed by atoms with Crippen LogP contribution in [0.2, 0.25) is 0 Å². The number of aromatic nitrogens is 4. The zero-order chi connectivity index (χ0) is 18.9. The van der Waals surface area contributed by atoms with Gasteiger partial charge < -0.3 is 5.32 Å². The molecule has 6 heteroatoms. The van der Waals surface area contributed by atoms with Crippen molar-refractivity contribution in [3.63, 3.8) is 0 Å². The van der Waals surface area contributed by atoms with Gasteiger partial charge in [0.2, 0.25) is 0 Å². The number of nitrogens with zero attached hydrogens (tertiary/aromatic N) is 4. The Labute approximate surface area is 160 Å². The van der Waals surface area contributed by atoms with E-state index in [2.05, 4.69) is 32.5 Å². The van der Waals surface area contributed by atoms with Crippen molar-refractivity contribution >= 4 is 33.3 Å². The van der Waals surface area contributed by atoms with Crippen molar-refractivity contribution in [3.05, 3.63) is 90.6 Å². The highest BCUT2D eigenvalue weighted by atomic mass is 19.1. The van der Waals surface area contributed by atoms with Crippen molar-refractivity contribution in [1.82, 2.24) is 19.7 Å². The molecule has 0 aliphatic rings. The molecule has 0 aliphatic carbocycles. The molecule has 0 spiro atoms. The number of hydrogen-bond acceptors (Lipinski definition) is 4. The molecule has 136 valence electrons. The summed E-state index contributed by atoms with van der Waals surface area (Å²) in [5.41, 5.74) is 3.71. The van der Waals surface area contributed by atoms with Crippen LogP contribution < -0.4 is 5.32 Å². The Balaban J connectivity index is 1.46. The first-order valence-corrected chi connectivity index (χ1v) is 8.93. The normalized spacial score (nSPS) is 11.2. The van der Waals surface area contributed by atoms with Gasteiger partial charge in [0.15, 0.2) is 0 Å². The topological polar surface area (TPSA) is 55.6 Å². The first-order chi connectivity index (χ1) is 13.8. The largest absolute Gasteiger partial charge is 0.340 e. The van der Waals surface area contributed by atoms with E-state index >= 15 is 0 Å². The summed E-state index contributed by atoms with van der Waals surface area (Å²) in [5.74, 6) is 0.324. The van der Waals surface area contributed by atoms with Crippen LogP contribution >= 0.6 is 0 Å². The van der Waals surface area contributed by atoms with Crippen LogP contribution in [0.1, 0.15) is 5.56 Å². The molecule has 0 radical (unpaired) electrons. The Hall–Kier alpha value is -3.80. The molecule has 1 N–H and O–H groups in total. The van der Waals surface area contributed by atoms with Gasteiger partial charge >= 0.3 is 0 Å². The Morgan fingerprint density at radius 2 is 1.82 bits per heavy atom. The van der Waals surface area contributed by atoms with Crippen molar-refractivity contribution in [3.8, 4) is 0 Å². The number of nitrogens with one attached hydrogen (secondary N) is 1. The third kappa shape index (κ3) is 3.05. The molecule has 0 saturated heterocycles. The van der Waals surface area contributed by atoms with Crippen molar-refractivity contribution in [2.24, 2.45) is 0 Å². The second-order valence-corrected chi connectivity index (χ2v) is 6.57. The summed E-state index contributed by atoms with van der Waals surface area (Å²) in [6, 6.07) is 20.8. The van der Waals surface area contributed by atoms with E-state index in [-0.39, 0.29) is 5.82 Å². The minimum atomic E-state index is -0.315. The molecule has 0 saturated carbocycles. The van der Waals surface area contributed by atoms with Gasteiger partial charge in [-0.15, -0.1) is 0 Å². The number of benzene rings is 3. The van der Waals surface area contributed by atoms with E-state index in [0.29, 0.717) is 11.3 Å². The Bertz CT molecular complexity index is 1280. The maximum absolute atomic E-state index is 13.4. The quantitative estimate of drug-likeness (QED) is 0.489. The summed E-state index contributed by atoms with van der Waals surface area (Å²) in [4.78, 5) is 8.44. The highest BCUT2D eigenvalue weighted by Crippen LogP contribution is 2.26. The monoisotopic (exact) mass is 369 g/mol. The van der Waals surface area contributed by atoms with Crippen LogP contribution in [0.3, 0.4) is 0 Å². The highest BCUT2D eigenvalue weighted by molar-refractivity contribution is 5.91. The van der Waals surface area contributed by atoms with Crippen LogP contribution in [0.15, 0.2) is 79.3 Å². The average Bonchev–Trinajstić information content (AvgIpc) is 3.11. The SMILES string of the molecule is Fc1ccc2c(Nc3ccc4c(cnn4Cc4ccccc4)c3)ncnc2c1. The molecule has 0 fully saturated rings. The lowest BCUT2D eigenvalue weighted by molar-refractivity contribution is 0.629. The van der Waals surface area contributed by atoms with Gasteiger partial charge in [-0.3, -0.25) is 4.68 Å². The van der Waals surface area contributed by atoms with Gasteiger partial charge in [-0.1, -0.05) is 30.3 Å². The summed E-state index contributed by atoms with van der Waals surface area (Å²) in [6.45, 7) is 0.721. The van der Waals surface area contributed by atoms with Crippen LogP contribution in [-0.4, -0.2) is 19.7 Å². The van der Waals surface area contributed by atoms with Crippen molar-refractivity contribution in [2.45, 2.75) is 6.54 Å². The fourth-order valence-corrected chi connectivity index (χ4v) is 3.31. The molecule has 2 heterocycles. The summed E-state index contributed by atoms with van der Waals surface area (Å²) in [5, 5.41) is 9.63. The number of fused-ring (bicyclic) bond motifs is 2. The van der Waals surface area contributed by atoms with Crippen LogP contribution in [0, 0.1) is 5.82 Å². The number of anilines is 2. The van der Waals surface area contributed by atoms with Gasteiger partial charge in [-0.05, 0) is 35.9 Å². The predicted molar refractivity (Wildman–Crippen MR) is 108 cm³/mol. The number of rotatable bonds is 4. The minimum Gasteiger partial charge on any atom is -0.340 e. The van der Waals surface area contributed by atoms with Gasteiger partial charge in [0.1, 0.15) is 18.0 Å². The maximum Gasteiger partial charge on any atom is 0.141 e. The van der Waals surface area contributed by atoms with Crippen LogP contribution in [0.4, 0.5) is 15.9 Å². The maximum atomic E-state index is 13.4. The van der Waals surface area contributed by atoms with Crippen molar-refractivity contribution < 1.29 is 4.39 Å². The third-order valence-electron chi connectivity index (χ3n) is 4.68. The highest BCUT2D eigenvalue weighted by Gasteiger charge is 2.08. The van der Waals surface area contributed by atoms with Gasteiger partial charge in [0, 0.05) is 22.5 Å². The lowest BCUT2D eigenvalue weighted by Crippen LogP contribution is -2.01. The number of hydrogen-bond donors (Lipinski definition) is 1. The zero-order valence-electron chi connectivity index (χ0n) is 14.9. The van der Waals surface area contributed by atoms with E-state index in [0.717, 1.165) is 28.5 Å². The molecule has 2 aromatic heterocycles. The summed E-state index contributed by atoms with van der Waals surface area (Å²) >= 11 is 0. The molecular weight excluding hydrogens is 353 g/mol. The van der Waals surface area contributed by atoms with Gasteiger partial charge in [0.25, 0.3) is 0 Å². The van der Waals surface area contributed by atoms with Crippen LogP contribution in [-0.2, 0) is 6.54 Å². The molecular formula is C22H16FN5. The molecule has 0 amide bonds. The molecule has 0 aliphatic heterocycles. The van der Waals surface area contributed by atoms with Crippen LogP contribution in [0.25, 0.3) is 21.8 Å². The van der Waals surface area contributed by atoms with Gasteiger partial charge in [-0.25, -0.2) is 14.4 Å². The molecule has 5 rings (SSSR count). The Morgan fingerprint density at radius 1 is 0.929 bits per heavy atom. The predicted octanol–water partition coefficient (Wildman–Crippen LogP) is 4.91. The summed E-state index contributed by atoms with van der Waals surface area (Å²) in [6.07, 6.45) is 3.29. The molecule has 28 heavy (non-hydrogen) atoms. The van der Waals surface area contributed by atoms with E-state index in [1.807, 2.05) is 47.3 Å². The molecule has 0 bridgehead atoms. The van der Waals surface area contributed by atoms with Gasteiger partial charge in [-0.2, -0.15) is 5.10 Å². The first-order valence-electron chi connectivity index (χ1n) is 8.93. The Kier molecular flexibility index (Phi) is 3.94. The second-order valence-electron chi connectivity index (χ2n) is 6.57. The molecule has 5 nitrogen and oxygen atoms in total. The Morgan fingerprint density at radius 3 is 2.71 bits per heavy atom. The van der Waals surface area contributed by atoms with Crippen LogP contribution in [0.5, 0.6) is 0 Å². The lowest BCUT2D eigenvalue weighted by atomic mass is 10.2. The second kappa shape index (κ2) is 6.74. The van der Waals surface area contributed by atoms with E-state index < -0.39 is 0 Å². The number of halogens is 1. The molecule has 0 atom stereocenters. The van der Waals surface area contributed by atoms with E-state index in [9.17, 15) is 4.39 Å². The minimum absolute atomic E-state index is 0.315. The van der Waals surface area contributed by atoms with E-state index in [1.54, 1.807) is 6.07 Å². The molecule has 5 aromatic rings. The van der Waals surface area contributed by atoms with E-state index in [4.69, 9.17) is 0 Å². The zero-order valence-corrected chi connectivity index (χ0v) is 14.9. The molecule has 3 aromatic carbocycles. The first kappa shape index (κ1) is 16.4. The van der Waals surface area contributed by atoms with E-state index in [1.165, 1.54) is 24.0 Å². The van der Waals surface area contributed by atoms with Gasteiger partial charge in [0.05, 0.1) is 23.8 Å². The average molecular weight is 369 g/mol.